The predicted octanol–water partition coefficient (Wildman–Crippen LogP) is 4.98. The molecule has 0 saturated carbocycles. The normalized spacial score (nSPS) is 10.4. The Morgan fingerprint density at radius 2 is 1.80 bits per heavy atom. The van der Waals surface area contributed by atoms with E-state index in [9.17, 15) is 0 Å². The van der Waals surface area contributed by atoms with Gasteiger partial charge < -0.3 is 5.32 Å². The van der Waals surface area contributed by atoms with Crippen molar-refractivity contribution in [1.29, 1.82) is 5.26 Å². The first-order chi connectivity index (χ1) is 12.2. The molecule has 3 rings (SSSR count). The smallest absolute Gasteiger partial charge is 0.101 e. The Balaban J connectivity index is 1.63. The van der Waals surface area contributed by atoms with Crippen LogP contribution in [0, 0.1) is 18.3 Å². The van der Waals surface area contributed by atoms with E-state index in [1.165, 1.54) is 22.3 Å². The lowest BCUT2D eigenvalue weighted by Crippen LogP contribution is -2.12. The number of nitrogens with one attached hydrogen (secondary N) is 1. The average molecular weight is 392 g/mol. The van der Waals surface area contributed by atoms with Crippen LogP contribution in [0.5, 0.6) is 0 Å². The van der Waals surface area contributed by atoms with Crippen LogP contribution < -0.4 is 5.32 Å². The van der Waals surface area contributed by atoms with Crippen LogP contribution in [-0.2, 0) is 13.1 Å². The highest BCUT2D eigenvalue weighted by Gasteiger charge is 2.04. The maximum atomic E-state index is 8.91. The predicted molar refractivity (Wildman–Crippen MR) is 104 cm³/mol. The summed E-state index contributed by atoms with van der Waals surface area (Å²) in [6.45, 7) is 3.59. The van der Waals surface area contributed by atoms with E-state index in [0.29, 0.717) is 12.1 Å². The molecule has 0 amide bonds. The van der Waals surface area contributed by atoms with Crippen LogP contribution in [0.4, 0.5) is 0 Å². The van der Waals surface area contributed by atoms with Gasteiger partial charge in [0.2, 0.25) is 0 Å². The Kier molecular flexibility index (Phi) is 5.60. The van der Waals surface area contributed by atoms with Gasteiger partial charge in [0.15, 0.2) is 0 Å². The van der Waals surface area contributed by atoms with E-state index in [0.717, 1.165) is 16.6 Å². The Labute approximate surface area is 156 Å². The third-order valence-corrected chi connectivity index (χ3v) is 4.97. The summed E-state index contributed by atoms with van der Waals surface area (Å²) in [7, 11) is 0. The minimum Gasteiger partial charge on any atom is -0.309 e. The van der Waals surface area contributed by atoms with Crippen LogP contribution >= 0.6 is 15.9 Å². The highest BCUT2D eigenvalue weighted by Crippen LogP contribution is 2.28. The van der Waals surface area contributed by atoms with Crippen LogP contribution in [0.25, 0.3) is 11.1 Å². The summed E-state index contributed by atoms with van der Waals surface area (Å²) in [5.74, 6) is 0. The van der Waals surface area contributed by atoms with Crippen molar-refractivity contribution in [2.75, 3.05) is 0 Å². The van der Waals surface area contributed by atoms with Crippen LogP contribution in [0.3, 0.4) is 0 Å². The zero-order valence-electron chi connectivity index (χ0n) is 14.0. The molecule has 3 aromatic rings. The number of nitrogens with zero attached hydrogens (tertiary/aromatic N) is 2. The first kappa shape index (κ1) is 17.3. The molecule has 0 bridgehead atoms. The first-order valence-electron chi connectivity index (χ1n) is 8.06. The summed E-state index contributed by atoms with van der Waals surface area (Å²) in [6, 6.07) is 18.8. The molecule has 0 atom stereocenters. The van der Waals surface area contributed by atoms with E-state index in [4.69, 9.17) is 5.26 Å². The minimum absolute atomic E-state index is 0.591. The van der Waals surface area contributed by atoms with E-state index in [-0.39, 0.29) is 0 Å². The monoisotopic (exact) mass is 391 g/mol. The molecule has 0 saturated heterocycles. The number of pyridine rings is 1. The van der Waals surface area contributed by atoms with E-state index >= 15 is 0 Å². The molecule has 3 nitrogen and oxygen atoms in total. The van der Waals surface area contributed by atoms with Crippen molar-refractivity contribution in [2.45, 2.75) is 20.0 Å². The molecule has 0 unspecified atom stereocenters. The second-order valence-electron chi connectivity index (χ2n) is 5.91. The summed E-state index contributed by atoms with van der Waals surface area (Å²) in [6.07, 6.45) is 3.36. The highest BCUT2D eigenvalue weighted by atomic mass is 79.9. The van der Waals surface area contributed by atoms with Gasteiger partial charge in [0, 0.05) is 30.0 Å². The number of aromatic nitrogens is 1. The summed E-state index contributed by atoms with van der Waals surface area (Å²) in [5.41, 5.74) is 6.54. The number of rotatable bonds is 5. The third kappa shape index (κ3) is 4.33. The maximum Gasteiger partial charge on any atom is 0.101 e. The molecule has 1 heterocycles. The number of halogens is 1. The Hall–Kier alpha value is -2.48. The van der Waals surface area contributed by atoms with Crippen molar-refractivity contribution < 1.29 is 0 Å². The van der Waals surface area contributed by atoms with Gasteiger partial charge in [-0.1, -0.05) is 52.3 Å². The minimum atomic E-state index is 0.591. The topological polar surface area (TPSA) is 48.7 Å². The van der Waals surface area contributed by atoms with E-state index in [2.05, 4.69) is 81.7 Å². The zero-order valence-corrected chi connectivity index (χ0v) is 15.5. The number of hydrogen-bond donors (Lipinski definition) is 1. The second-order valence-corrected chi connectivity index (χ2v) is 6.76. The molecule has 0 radical (unpaired) electrons. The van der Waals surface area contributed by atoms with Crippen molar-refractivity contribution in [3.05, 3.63) is 87.7 Å². The van der Waals surface area contributed by atoms with Crippen molar-refractivity contribution >= 4 is 15.9 Å². The third-order valence-electron chi connectivity index (χ3n) is 4.11. The molecule has 1 aromatic heterocycles. The van der Waals surface area contributed by atoms with Gasteiger partial charge in [0.1, 0.15) is 6.07 Å². The summed E-state index contributed by atoms with van der Waals surface area (Å²) in [5, 5.41) is 12.3. The fourth-order valence-electron chi connectivity index (χ4n) is 2.72. The SMILES string of the molecule is Cc1c(Br)cccc1-c1ccc(CNCc2cncc(C#N)c2)cc1. The molecule has 0 aliphatic carbocycles. The molecule has 25 heavy (non-hydrogen) atoms. The lowest BCUT2D eigenvalue weighted by atomic mass is 9.99. The van der Waals surface area contributed by atoms with Crippen LogP contribution in [0.1, 0.15) is 22.3 Å². The van der Waals surface area contributed by atoms with Gasteiger partial charge in [-0.25, -0.2) is 0 Å². The Bertz CT molecular complexity index is 911. The molecular formula is C21H18BrN3. The molecule has 2 aromatic carbocycles. The molecule has 0 aliphatic heterocycles. The molecule has 0 aliphatic rings. The highest BCUT2D eigenvalue weighted by molar-refractivity contribution is 9.10. The number of hydrogen-bond acceptors (Lipinski definition) is 3. The largest absolute Gasteiger partial charge is 0.309 e. The lowest BCUT2D eigenvalue weighted by Gasteiger charge is -2.09. The molecule has 4 heteroatoms. The van der Waals surface area contributed by atoms with Crippen molar-refractivity contribution in [3.8, 4) is 17.2 Å². The van der Waals surface area contributed by atoms with Gasteiger partial charge in [-0.3, -0.25) is 4.98 Å². The molecule has 0 fully saturated rings. The van der Waals surface area contributed by atoms with Gasteiger partial charge in [0.05, 0.1) is 5.56 Å². The van der Waals surface area contributed by atoms with E-state index in [1.807, 2.05) is 6.07 Å². The van der Waals surface area contributed by atoms with Crippen LogP contribution in [0.2, 0.25) is 0 Å². The van der Waals surface area contributed by atoms with Gasteiger partial charge in [-0.05, 0) is 46.9 Å². The van der Waals surface area contributed by atoms with Crippen molar-refractivity contribution in [3.63, 3.8) is 0 Å². The van der Waals surface area contributed by atoms with Gasteiger partial charge in [-0.15, -0.1) is 0 Å². The summed E-state index contributed by atoms with van der Waals surface area (Å²) < 4.78 is 1.13. The average Bonchev–Trinajstić information content (AvgIpc) is 2.65. The van der Waals surface area contributed by atoms with Gasteiger partial charge >= 0.3 is 0 Å². The second kappa shape index (κ2) is 8.06. The number of benzene rings is 2. The van der Waals surface area contributed by atoms with Crippen LogP contribution in [0.15, 0.2) is 65.4 Å². The molecule has 0 spiro atoms. The van der Waals surface area contributed by atoms with Gasteiger partial charge in [0.25, 0.3) is 0 Å². The van der Waals surface area contributed by atoms with E-state index < -0.39 is 0 Å². The fraction of sp³-hybridized carbons (Fsp3) is 0.143. The fourth-order valence-corrected chi connectivity index (χ4v) is 3.09. The quantitative estimate of drug-likeness (QED) is 0.666. The van der Waals surface area contributed by atoms with E-state index in [1.54, 1.807) is 12.4 Å². The Morgan fingerprint density at radius 1 is 1.04 bits per heavy atom. The number of nitriles is 1. The standard InChI is InChI=1S/C21H18BrN3/c1-15-20(3-2-4-21(15)22)19-7-5-16(6-8-19)11-24-13-18-9-17(10-23)12-25-14-18/h2-9,12,14,24H,11,13H2,1H3. The maximum absolute atomic E-state index is 8.91. The van der Waals surface area contributed by atoms with Crippen LogP contribution in [-0.4, -0.2) is 4.98 Å². The molecule has 1 N–H and O–H groups in total. The first-order valence-corrected chi connectivity index (χ1v) is 8.86. The van der Waals surface area contributed by atoms with Crippen molar-refractivity contribution in [1.82, 2.24) is 10.3 Å². The Morgan fingerprint density at radius 3 is 2.56 bits per heavy atom. The van der Waals surface area contributed by atoms with Crippen molar-refractivity contribution in [2.24, 2.45) is 0 Å². The summed E-state index contributed by atoms with van der Waals surface area (Å²) >= 11 is 3.59. The summed E-state index contributed by atoms with van der Waals surface area (Å²) in [4.78, 5) is 4.08. The van der Waals surface area contributed by atoms with Gasteiger partial charge in [-0.2, -0.15) is 5.26 Å². The zero-order chi connectivity index (χ0) is 17.6. The molecule has 124 valence electrons. The lowest BCUT2D eigenvalue weighted by molar-refractivity contribution is 0.691. The molecular weight excluding hydrogens is 374 g/mol.